The van der Waals surface area contributed by atoms with E-state index in [1.807, 2.05) is 30.3 Å². The van der Waals surface area contributed by atoms with Crippen LogP contribution in [0.5, 0.6) is 0 Å². The van der Waals surface area contributed by atoms with Crippen molar-refractivity contribution in [3.8, 4) is 11.1 Å². The minimum atomic E-state index is -0.289. The van der Waals surface area contributed by atoms with Crippen LogP contribution in [0, 0.1) is 5.82 Å². The van der Waals surface area contributed by atoms with Gasteiger partial charge in [-0.15, -0.1) is 0 Å². The van der Waals surface area contributed by atoms with Crippen molar-refractivity contribution < 1.29 is 9.18 Å². The number of hydrogen-bond acceptors (Lipinski definition) is 2. The van der Waals surface area contributed by atoms with E-state index in [1.165, 1.54) is 17.7 Å². The SMILES string of the molecule is CC(C)c1ccc(C(=O)Nc2cc(-c3ccc([18F])cc3)ccc2N)cc1. The van der Waals surface area contributed by atoms with Crippen molar-refractivity contribution in [3.63, 3.8) is 0 Å². The molecule has 0 spiro atoms. The first-order chi connectivity index (χ1) is 12.4. The third-order valence-corrected chi connectivity index (χ3v) is 4.32. The lowest BCUT2D eigenvalue weighted by Crippen LogP contribution is -2.13. The molecule has 0 aliphatic carbocycles. The summed E-state index contributed by atoms with van der Waals surface area (Å²) in [5, 5.41) is 2.86. The number of hydrogen-bond donors (Lipinski definition) is 2. The van der Waals surface area contributed by atoms with Gasteiger partial charge in [0.05, 0.1) is 11.4 Å². The number of nitrogen functional groups attached to an aromatic ring is 1. The highest BCUT2D eigenvalue weighted by Gasteiger charge is 2.10. The number of benzene rings is 3. The van der Waals surface area contributed by atoms with Crippen LogP contribution in [-0.4, -0.2) is 5.91 Å². The summed E-state index contributed by atoms with van der Waals surface area (Å²) < 4.78 is 13.1. The molecule has 3 rings (SSSR count). The third-order valence-electron chi connectivity index (χ3n) is 4.32. The maximum atomic E-state index is 13.1. The summed E-state index contributed by atoms with van der Waals surface area (Å²) in [7, 11) is 0. The molecule has 0 bridgehead atoms. The molecule has 0 aliphatic rings. The Morgan fingerprint density at radius 2 is 1.54 bits per heavy atom. The Morgan fingerprint density at radius 1 is 0.923 bits per heavy atom. The van der Waals surface area contributed by atoms with Gasteiger partial charge in [-0.3, -0.25) is 4.79 Å². The van der Waals surface area contributed by atoms with E-state index in [-0.39, 0.29) is 11.7 Å². The standard InChI is InChI=1S/C22H21FN2O/c1-14(2)15-3-5-17(6-4-15)22(26)25-21-13-18(9-12-20(21)24)16-7-10-19(23)11-8-16/h3-14H,24H2,1-2H3,(H,25,26)/i23-1. The lowest BCUT2D eigenvalue weighted by molar-refractivity contribution is 0.102. The predicted molar refractivity (Wildman–Crippen MR) is 105 cm³/mol. The van der Waals surface area contributed by atoms with Crippen molar-refractivity contribution in [1.29, 1.82) is 0 Å². The fraction of sp³-hybridized carbons (Fsp3) is 0.136. The first-order valence-electron chi connectivity index (χ1n) is 8.51. The lowest BCUT2D eigenvalue weighted by Gasteiger charge is -2.12. The highest BCUT2D eigenvalue weighted by Crippen LogP contribution is 2.28. The molecule has 3 N–H and O–H groups in total. The fourth-order valence-corrected chi connectivity index (χ4v) is 2.70. The first-order valence-corrected chi connectivity index (χ1v) is 8.51. The van der Waals surface area contributed by atoms with E-state index in [0.29, 0.717) is 22.9 Å². The van der Waals surface area contributed by atoms with Crippen LogP contribution in [0.4, 0.5) is 15.8 Å². The van der Waals surface area contributed by atoms with Crippen LogP contribution < -0.4 is 11.1 Å². The quantitative estimate of drug-likeness (QED) is 0.617. The Balaban J connectivity index is 1.83. The average molecular weight is 347 g/mol. The van der Waals surface area contributed by atoms with Gasteiger partial charge in [0.2, 0.25) is 0 Å². The second kappa shape index (κ2) is 7.40. The van der Waals surface area contributed by atoms with Gasteiger partial charge in [0.1, 0.15) is 5.82 Å². The summed E-state index contributed by atoms with van der Waals surface area (Å²) >= 11 is 0. The first kappa shape index (κ1) is 17.7. The maximum Gasteiger partial charge on any atom is 0.255 e. The van der Waals surface area contributed by atoms with Crippen LogP contribution in [0.3, 0.4) is 0 Å². The normalized spacial score (nSPS) is 10.8. The molecule has 3 nitrogen and oxygen atoms in total. The largest absolute Gasteiger partial charge is 0.397 e. The number of carbonyl (C=O) groups excluding carboxylic acids is 1. The molecule has 3 aromatic carbocycles. The molecule has 1 amide bonds. The van der Waals surface area contributed by atoms with Gasteiger partial charge in [-0.25, -0.2) is 4.39 Å². The monoisotopic (exact) mass is 347 g/mol. The summed E-state index contributed by atoms with van der Waals surface area (Å²) in [4.78, 5) is 12.5. The summed E-state index contributed by atoms with van der Waals surface area (Å²) in [5.41, 5.74) is 10.5. The van der Waals surface area contributed by atoms with E-state index in [0.717, 1.165) is 11.1 Å². The van der Waals surface area contributed by atoms with Crippen molar-refractivity contribution >= 4 is 17.3 Å². The Labute approximate surface area is 152 Å². The molecule has 0 radical (unpaired) electrons. The van der Waals surface area contributed by atoms with Gasteiger partial charge in [0.15, 0.2) is 0 Å². The second-order valence-electron chi connectivity index (χ2n) is 6.54. The van der Waals surface area contributed by atoms with Crippen LogP contribution >= 0.6 is 0 Å². The number of carbonyl (C=O) groups is 1. The van der Waals surface area contributed by atoms with E-state index in [1.54, 1.807) is 24.3 Å². The summed E-state index contributed by atoms with van der Waals surface area (Å²) in [6.07, 6.45) is 0. The molecule has 3 aromatic rings. The van der Waals surface area contributed by atoms with Gasteiger partial charge in [-0.2, -0.15) is 0 Å². The molecular formula is C22H21FN2O. The minimum Gasteiger partial charge on any atom is -0.397 e. The zero-order chi connectivity index (χ0) is 18.7. The Morgan fingerprint density at radius 3 is 2.15 bits per heavy atom. The zero-order valence-electron chi connectivity index (χ0n) is 14.8. The molecule has 0 fully saturated rings. The maximum absolute atomic E-state index is 13.1. The summed E-state index contributed by atoms with van der Waals surface area (Å²) in [6.45, 7) is 4.22. The van der Waals surface area contributed by atoms with Gasteiger partial charge in [0.25, 0.3) is 5.91 Å². The van der Waals surface area contributed by atoms with E-state index in [2.05, 4.69) is 19.2 Å². The number of nitrogens with two attached hydrogens (primary N) is 1. The molecule has 0 atom stereocenters. The molecule has 0 saturated carbocycles. The summed E-state index contributed by atoms with van der Waals surface area (Å²) in [6, 6.07) is 19.1. The van der Waals surface area contributed by atoms with E-state index >= 15 is 0 Å². The number of nitrogens with one attached hydrogen (secondary N) is 1. The number of anilines is 2. The zero-order valence-corrected chi connectivity index (χ0v) is 14.8. The molecule has 0 saturated heterocycles. The minimum absolute atomic E-state index is 0.219. The van der Waals surface area contributed by atoms with Crippen molar-refractivity contribution in [3.05, 3.63) is 83.7 Å². The van der Waals surface area contributed by atoms with E-state index in [9.17, 15) is 9.18 Å². The van der Waals surface area contributed by atoms with Gasteiger partial charge < -0.3 is 11.1 Å². The molecule has 0 aliphatic heterocycles. The van der Waals surface area contributed by atoms with Crippen LogP contribution in [0.2, 0.25) is 0 Å². The molecule has 0 aromatic heterocycles. The summed E-state index contributed by atoms with van der Waals surface area (Å²) in [5.74, 6) is -0.0963. The topological polar surface area (TPSA) is 55.1 Å². The van der Waals surface area contributed by atoms with E-state index < -0.39 is 0 Å². The molecule has 0 unspecified atom stereocenters. The third kappa shape index (κ3) is 3.91. The Bertz CT molecular complexity index is 916. The van der Waals surface area contributed by atoms with Gasteiger partial charge in [-0.05, 0) is 59.0 Å². The van der Waals surface area contributed by atoms with Crippen molar-refractivity contribution in [2.24, 2.45) is 0 Å². The van der Waals surface area contributed by atoms with Crippen molar-refractivity contribution in [2.75, 3.05) is 11.1 Å². The molecule has 132 valence electrons. The van der Waals surface area contributed by atoms with Gasteiger partial charge in [0, 0.05) is 5.56 Å². The molecular weight excluding hydrogens is 326 g/mol. The Kier molecular flexibility index (Phi) is 5.03. The highest BCUT2D eigenvalue weighted by atomic mass is 18.2. The van der Waals surface area contributed by atoms with Gasteiger partial charge >= 0.3 is 0 Å². The number of halogens is 1. The van der Waals surface area contributed by atoms with Crippen LogP contribution in [-0.2, 0) is 0 Å². The second-order valence-corrected chi connectivity index (χ2v) is 6.54. The average Bonchev–Trinajstić information content (AvgIpc) is 2.64. The highest BCUT2D eigenvalue weighted by molar-refractivity contribution is 6.06. The number of amides is 1. The lowest BCUT2D eigenvalue weighted by atomic mass is 10.0. The predicted octanol–water partition coefficient (Wildman–Crippen LogP) is 5.45. The fourth-order valence-electron chi connectivity index (χ4n) is 2.70. The van der Waals surface area contributed by atoms with E-state index in [4.69, 9.17) is 5.73 Å². The molecule has 4 heteroatoms. The van der Waals surface area contributed by atoms with Crippen LogP contribution in [0.25, 0.3) is 11.1 Å². The smallest absolute Gasteiger partial charge is 0.255 e. The Hall–Kier alpha value is -3.14. The van der Waals surface area contributed by atoms with Crippen LogP contribution in [0.15, 0.2) is 66.7 Å². The molecule has 26 heavy (non-hydrogen) atoms. The van der Waals surface area contributed by atoms with Gasteiger partial charge in [-0.1, -0.05) is 44.2 Å². The molecule has 0 heterocycles. The van der Waals surface area contributed by atoms with Crippen molar-refractivity contribution in [1.82, 2.24) is 0 Å². The van der Waals surface area contributed by atoms with Crippen LogP contribution in [0.1, 0.15) is 35.7 Å². The van der Waals surface area contributed by atoms with Crippen molar-refractivity contribution in [2.45, 2.75) is 19.8 Å². The number of rotatable bonds is 4.